The summed E-state index contributed by atoms with van der Waals surface area (Å²) in [5.41, 5.74) is 0.496. The van der Waals surface area contributed by atoms with Gasteiger partial charge in [0.05, 0.1) is 12.1 Å². The van der Waals surface area contributed by atoms with E-state index < -0.39 is 0 Å². The number of amides is 1. The molecular formula is C13H15N5O2S. The smallest absolute Gasteiger partial charge is 0.256 e. The first kappa shape index (κ1) is 15.2. The van der Waals surface area contributed by atoms with Crippen molar-refractivity contribution in [3.05, 3.63) is 46.8 Å². The van der Waals surface area contributed by atoms with Crippen molar-refractivity contribution in [3.63, 3.8) is 0 Å². The van der Waals surface area contributed by atoms with Crippen LogP contribution >= 0.6 is 11.8 Å². The Morgan fingerprint density at radius 2 is 2.33 bits per heavy atom. The SMILES string of the molecule is Cc1cncn(CCNC(=O)CSc2cccnn2)c1=O. The Bertz CT molecular complexity index is 659. The van der Waals surface area contributed by atoms with Crippen LogP contribution in [0.3, 0.4) is 0 Å². The zero-order chi connectivity index (χ0) is 15.1. The van der Waals surface area contributed by atoms with Gasteiger partial charge in [-0.15, -0.1) is 5.10 Å². The van der Waals surface area contributed by atoms with Crippen molar-refractivity contribution in [1.82, 2.24) is 25.1 Å². The summed E-state index contributed by atoms with van der Waals surface area (Å²) in [5.74, 6) is 0.152. The number of carbonyl (C=O) groups excluding carboxylic acids is 1. The predicted molar refractivity (Wildman–Crippen MR) is 79.0 cm³/mol. The maximum atomic E-state index is 11.7. The summed E-state index contributed by atoms with van der Waals surface area (Å²) in [4.78, 5) is 27.4. The number of rotatable bonds is 6. The van der Waals surface area contributed by atoms with Gasteiger partial charge in [-0.05, 0) is 19.1 Å². The molecule has 1 N–H and O–H groups in total. The van der Waals surface area contributed by atoms with Gasteiger partial charge in [0.1, 0.15) is 5.03 Å². The van der Waals surface area contributed by atoms with E-state index in [9.17, 15) is 9.59 Å². The molecule has 0 saturated heterocycles. The van der Waals surface area contributed by atoms with Crippen LogP contribution in [0.1, 0.15) is 5.56 Å². The van der Waals surface area contributed by atoms with Crippen molar-refractivity contribution in [2.45, 2.75) is 18.5 Å². The first-order valence-corrected chi connectivity index (χ1v) is 7.33. The molecule has 8 heteroatoms. The van der Waals surface area contributed by atoms with Crippen LogP contribution in [-0.4, -0.2) is 38.0 Å². The molecule has 2 rings (SSSR count). The van der Waals surface area contributed by atoms with Gasteiger partial charge in [0, 0.05) is 31.0 Å². The van der Waals surface area contributed by atoms with Gasteiger partial charge in [-0.3, -0.25) is 14.2 Å². The van der Waals surface area contributed by atoms with Crippen molar-refractivity contribution in [1.29, 1.82) is 0 Å². The molecule has 110 valence electrons. The maximum absolute atomic E-state index is 11.7. The Morgan fingerprint density at radius 3 is 3.10 bits per heavy atom. The minimum atomic E-state index is -0.112. The van der Waals surface area contributed by atoms with E-state index in [4.69, 9.17) is 0 Å². The highest BCUT2D eigenvalue weighted by molar-refractivity contribution is 7.99. The van der Waals surface area contributed by atoms with E-state index in [0.717, 1.165) is 0 Å². The Morgan fingerprint density at radius 1 is 1.48 bits per heavy atom. The third-order valence-corrected chi connectivity index (χ3v) is 3.57. The van der Waals surface area contributed by atoms with E-state index in [2.05, 4.69) is 20.5 Å². The van der Waals surface area contributed by atoms with Gasteiger partial charge in [0.15, 0.2) is 0 Å². The molecule has 0 aliphatic carbocycles. The van der Waals surface area contributed by atoms with Crippen LogP contribution in [0, 0.1) is 6.92 Å². The number of aryl methyl sites for hydroxylation is 1. The van der Waals surface area contributed by atoms with Crippen molar-refractivity contribution in [3.8, 4) is 0 Å². The zero-order valence-electron chi connectivity index (χ0n) is 11.5. The topological polar surface area (TPSA) is 89.8 Å². The van der Waals surface area contributed by atoms with Crippen molar-refractivity contribution >= 4 is 17.7 Å². The molecular weight excluding hydrogens is 290 g/mol. The molecule has 0 radical (unpaired) electrons. The third kappa shape index (κ3) is 4.67. The number of nitrogens with zero attached hydrogens (tertiary/aromatic N) is 4. The summed E-state index contributed by atoms with van der Waals surface area (Å²) >= 11 is 1.31. The fourth-order valence-corrected chi connectivity index (χ4v) is 2.25. The van der Waals surface area contributed by atoms with E-state index in [0.29, 0.717) is 23.7 Å². The third-order valence-electron chi connectivity index (χ3n) is 2.65. The molecule has 0 bridgehead atoms. The molecule has 2 heterocycles. The van der Waals surface area contributed by atoms with Gasteiger partial charge in [0.25, 0.3) is 5.56 Å². The second kappa shape index (κ2) is 7.53. The normalized spacial score (nSPS) is 10.3. The van der Waals surface area contributed by atoms with E-state index in [1.54, 1.807) is 25.3 Å². The van der Waals surface area contributed by atoms with Gasteiger partial charge in [0.2, 0.25) is 5.91 Å². The number of hydrogen-bond donors (Lipinski definition) is 1. The average molecular weight is 305 g/mol. The quantitative estimate of drug-likeness (QED) is 0.770. The number of thioether (sulfide) groups is 1. The first-order chi connectivity index (χ1) is 10.2. The lowest BCUT2D eigenvalue weighted by Gasteiger charge is -2.07. The van der Waals surface area contributed by atoms with Crippen molar-refractivity contribution in [2.75, 3.05) is 12.3 Å². The summed E-state index contributed by atoms with van der Waals surface area (Å²) in [5, 5.41) is 11.1. The number of aromatic nitrogens is 4. The molecule has 0 fully saturated rings. The second-order valence-corrected chi connectivity index (χ2v) is 5.27. The van der Waals surface area contributed by atoms with E-state index >= 15 is 0 Å². The van der Waals surface area contributed by atoms with Crippen LogP contribution in [-0.2, 0) is 11.3 Å². The van der Waals surface area contributed by atoms with Crippen molar-refractivity contribution in [2.24, 2.45) is 0 Å². The van der Waals surface area contributed by atoms with Crippen LogP contribution in [0.5, 0.6) is 0 Å². The molecule has 0 spiro atoms. The summed E-state index contributed by atoms with van der Waals surface area (Å²) in [7, 11) is 0. The molecule has 7 nitrogen and oxygen atoms in total. The van der Waals surface area contributed by atoms with Crippen LogP contribution in [0.2, 0.25) is 0 Å². The highest BCUT2D eigenvalue weighted by atomic mass is 32.2. The minimum absolute atomic E-state index is 0.0896. The molecule has 0 aromatic carbocycles. The van der Waals surface area contributed by atoms with Crippen LogP contribution in [0.25, 0.3) is 0 Å². The van der Waals surface area contributed by atoms with Gasteiger partial charge >= 0.3 is 0 Å². The largest absolute Gasteiger partial charge is 0.354 e. The summed E-state index contributed by atoms with van der Waals surface area (Å²) in [6.07, 6.45) is 4.57. The molecule has 0 saturated carbocycles. The fourth-order valence-electron chi connectivity index (χ4n) is 1.59. The van der Waals surface area contributed by atoms with Gasteiger partial charge in [-0.1, -0.05) is 11.8 Å². The maximum Gasteiger partial charge on any atom is 0.256 e. The lowest BCUT2D eigenvalue weighted by Crippen LogP contribution is -2.32. The average Bonchev–Trinajstić information content (AvgIpc) is 2.50. The van der Waals surface area contributed by atoms with Crippen LogP contribution in [0.4, 0.5) is 0 Å². The summed E-state index contributed by atoms with van der Waals surface area (Å²) in [6, 6.07) is 3.56. The van der Waals surface area contributed by atoms with Crippen LogP contribution in [0.15, 0.2) is 40.7 Å². The number of nitrogens with one attached hydrogen (secondary N) is 1. The molecule has 0 aliphatic heterocycles. The van der Waals surface area contributed by atoms with Gasteiger partial charge in [-0.2, -0.15) is 5.10 Å². The Hall–Kier alpha value is -2.22. The Labute approximate surface area is 125 Å². The van der Waals surface area contributed by atoms with E-state index in [-0.39, 0.29) is 17.2 Å². The number of hydrogen-bond acceptors (Lipinski definition) is 6. The lowest BCUT2D eigenvalue weighted by atomic mass is 10.4. The van der Waals surface area contributed by atoms with Gasteiger partial charge < -0.3 is 5.32 Å². The van der Waals surface area contributed by atoms with E-state index in [1.807, 2.05) is 0 Å². The number of carbonyl (C=O) groups is 1. The zero-order valence-corrected chi connectivity index (χ0v) is 12.3. The Balaban J connectivity index is 1.74. The highest BCUT2D eigenvalue weighted by Crippen LogP contribution is 2.11. The standard InChI is InChI=1S/C13H15N5O2S/c1-10-7-14-9-18(13(10)20)6-5-15-11(19)8-21-12-3-2-4-16-17-12/h2-4,7,9H,5-6,8H2,1H3,(H,15,19). The van der Waals surface area contributed by atoms with E-state index in [1.165, 1.54) is 28.9 Å². The minimum Gasteiger partial charge on any atom is -0.354 e. The second-order valence-electron chi connectivity index (χ2n) is 4.28. The summed E-state index contributed by atoms with van der Waals surface area (Å²) in [6.45, 7) is 2.49. The summed E-state index contributed by atoms with van der Waals surface area (Å²) < 4.78 is 1.48. The molecule has 0 aliphatic rings. The lowest BCUT2D eigenvalue weighted by molar-refractivity contribution is -0.118. The van der Waals surface area contributed by atoms with Gasteiger partial charge in [-0.25, -0.2) is 4.98 Å². The molecule has 2 aromatic rings. The molecule has 1 amide bonds. The molecule has 21 heavy (non-hydrogen) atoms. The molecule has 2 aromatic heterocycles. The molecule has 0 unspecified atom stereocenters. The van der Waals surface area contributed by atoms with Crippen molar-refractivity contribution < 1.29 is 4.79 Å². The first-order valence-electron chi connectivity index (χ1n) is 6.35. The predicted octanol–water partition coefficient (Wildman–Crippen LogP) is 0.250. The van der Waals surface area contributed by atoms with Crippen LogP contribution < -0.4 is 10.9 Å². The Kier molecular flexibility index (Phi) is 5.44. The monoisotopic (exact) mass is 305 g/mol. The molecule has 0 atom stereocenters. The fraction of sp³-hybridized carbons (Fsp3) is 0.308. The highest BCUT2D eigenvalue weighted by Gasteiger charge is 2.04.